The van der Waals surface area contributed by atoms with Crippen molar-refractivity contribution >= 4 is 70.0 Å². The van der Waals surface area contributed by atoms with Crippen LogP contribution in [0.15, 0.2) is 78.3 Å². The van der Waals surface area contributed by atoms with Crippen molar-refractivity contribution in [2.75, 3.05) is 13.1 Å². The maximum absolute atomic E-state index is 14.6. The second kappa shape index (κ2) is 28.7. The number of hydrogen-bond donors (Lipinski definition) is 13. The molecule has 74 heavy (non-hydrogen) atoms. The van der Waals surface area contributed by atoms with E-state index in [9.17, 15) is 43.2 Å². The van der Waals surface area contributed by atoms with E-state index in [4.69, 9.17) is 17.2 Å². The number of H-pyrrole nitrogens is 2. The number of aromatic nitrogens is 3. The van der Waals surface area contributed by atoms with Gasteiger partial charge in [0.15, 0.2) is 5.96 Å². The molecular formula is C50H69N15O9. The summed E-state index contributed by atoms with van der Waals surface area (Å²) in [6, 6.07) is 6.98. The summed E-state index contributed by atoms with van der Waals surface area (Å²) in [6.07, 6.45) is 5.40. The fourth-order valence-electron chi connectivity index (χ4n) is 8.39. The van der Waals surface area contributed by atoms with Gasteiger partial charge in [-0.05, 0) is 55.7 Å². The number of guanidine groups is 1. The van der Waals surface area contributed by atoms with Crippen LogP contribution in [0.3, 0.4) is 0 Å². The highest BCUT2D eigenvalue weighted by Gasteiger charge is 2.35. The van der Waals surface area contributed by atoms with Crippen molar-refractivity contribution in [3.63, 3.8) is 0 Å². The van der Waals surface area contributed by atoms with E-state index in [1.54, 1.807) is 36.5 Å². The minimum absolute atomic E-state index is 0.00859. The molecule has 0 saturated carbocycles. The number of amides is 9. The van der Waals surface area contributed by atoms with Gasteiger partial charge in [0.05, 0.1) is 6.33 Å². The van der Waals surface area contributed by atoms with E-state index < -0.39 is 95.5 Å². The minimum atomic E-state index is -1.41. The summed E-state index contributed by atoms with van der Waals surface area (Å²) in [6.45, 7) is 3.21. The minimum Gasteiger partial charge on any atom is -0.370 e. The van der Waals surface area contributed by atoms with Gasteiger partial charge in [0.25, 0.3) is 0 Å². The summed E-state index contributed by atoms with van der Waals surface area (Å²) in [5.74, 6) is -6.78. The number of nitrogens with two attached hydrogens (primary N) is 3. The van der Waals surface area contributed by atoms with Crippen LogP contribution in [0.4, 0.5) is 0 Å². The molecule has 1 fully saturated rings. The number of imidazole rings is 1. The monoisotopic (exact) mass is 1020 g/mol. The molecule has 4 aromatic rings. The molecule has 2 aromatic heterocycles. The zero-order valence-corrected chi connectivity index (χ0v) is 41.7. The fourth-order valence-corrected chi connectivity index (χ4v) is 8.39. The molecule has 1 aliphatic rings. The molecule has 2 aromatic carbocycles. The largest absolute Gasteiger partial charge is 0.370 e. The van der Waals surface area contributed by atoms with Crippen molar-refractivity contribution in [1.29, 1.82) is 0 Å². The van der Waals surface area contributed by atoms with Crippen LogP contribution < -0.4 is 59.7 Å². The summed E-state index contributed by atoms with van der Waals surface area (Å²) in [5, 5.41) is 22.5. The maximum atomic E-state index is 14.6. The van der Waals surface area contributed by atoms with Crippen LogP contribution in [0.25, 0.3) is 10.9 Å². The highest BCUT2D eigenvalue weighted by molar-refractivity contribution is 5.98. The number of benzene rings is 2. The Kier molecular flexibility index (Phi) is 21.9. The number of aromatic amines is 2. The highest BCUT2D eigenvalue weighted by Crippen LogP contribution is 2.19. The molecule has 7 atom stereocenters. The van der Waals surface area contributed by atoms with Crippen molar-refractivity contribution in [2.24, 2.45) is 22.2 Å². The Bertz CT molecular complexity index is 2580. The number of carbonyl (C=O) groups excluding carboxylic acids is 9. The molecule has 3 heterocycles. The predicted octanol–water partition coefficient (Wildman–Crippen LogP) is -1.25. The lowest BCUT2D eigenvalue weighted by atomic mass is 10.0. The molecule has 0 aliphatic carbocycles. The third-order valence-corrected chi connectivity index (χ3v) is 12.3. The number of primary amides is 1. The summed E-state index contributed by atoms with van der Waals surface area (Å²) in [5.41, 5.74) is 19.5. The molecule has 1 aliphatic heterocycles. The molecule has 24 heteroatoms. The van der Waals surface area contributed by atoms with E-state index in [1.165, 1.54) is 19.4 Å². The summed E-state index contributed by atoms with van der Waals surface area (Å²) < 4.78 is 0. The standard InChI is InChI=1S/C50H69N15O9/c1-3-4-15-35(59-29(2)66)44(69)62-38-19-20-42(67)55-21-10-17-37(46(71)63-39(43(51)68)24-31-26-57-34-16-9-8-14-33(31)34)60-45(70)36(18-11-22-56-50(52)53)61-48(73)40(23-30-12-6-5-7-13-30)64-49(74)41(65-47(38)72)25-32-27-54-28-58-32/h5-9,12-14,16,26-28,35-41,57H,3-4,10-11,15,17-25H2,1-2H3,(H2,51,68)(H,54,58)(H,55,67)(H,59,66)(H,60,70)(H,61,73)(H,62,69)(H,63,71)(H,64,74)(H,65,72)(H4,52,53,56). The third kappa shape index (κ3) is 18.1. The van der Waals surface area contributed by atoms with Gasteiger partial charge in [0, 0.05) is 74.7 Å². The summed E-state index contributed by atoms with van der Waals surface area (Å²) in [4.78, 5) is 139. The molecule has 9 amide bonds. The predicted molar refractivity (Wildman–Crippen MR) is 274 cm³/mol. The van der Waals surface area contributed by atoms with Crippen LogP contribution >= 0.6 is 0 Å². The Labute approximate surface area is 428 Å². The van der Waals surface area contributed by atoms with Crippen LogP contribution in [0.2, 0.25) is 0 Å². The molecular weight excluding hydrogens is 955 g/mol. The van der Waals surface area contributed by atoms with Gasteiger partial charge >= 0.3 is 0 Å². The molecule has 24 nitrogen and oxygen atoms in total. The fraction of sp³-hybridized carbons (Fsp3) is 0.460. The molecule has 7 unspecified atom stereocenters. The first-order valence-corrected chi connectivity index (χ1v) is 24.8. The van der Waals surface area contributed by atoms with Gasteiger partial charge in [-0.1, -0.05) is 68.3 Å². The van der Waals surface area contributed by atoms with Crippen LogP contribution in [0.1, 0.15) is 88.5 Å². The number of unbranched alkanes of at least 4 members (excludes halogenated alkanes) is 1. The molecule has 16 N–H and O–H groups in total. The number of para-hydroxylation sites is 1. The number of carbonyl (C=O) groups is 9. The summed E-state index contributed by atoms with van der Waals surface area (Å²) in [7, 11) is 0. The van der Waals surface area contributed by atoms with Crippen LogP contribution in [0, 0.1) is 0 Å². The van der Waals surface area contributed by atoms with E-state index in [1.807, 2.05) is 31.2 Å². The zero-order valence-electron chi connectivity index (χ0n) is 41.7. The van der Waals surface area contributed by atoms with Gasteiger partial charge in [-0.25, -0.2) is 4.98 Å². The average molecular weight is 1020 g/mol. The SMILES string of the molecule is CCCCC(NC(C)=O)C(=O)NC1CCC(=O)NCCCC(C(=O)NC(Cc2c[nH]c3ccccc23)C(N)=O)NC(=O)C(CCCN=C(N)N)NC(=O)C(Cc2ccccc2)NC(=O)C(Cc2cnc[nH]2)NC1=O. The van der Waals surface area contributed by atoms with Crippen LogP contribution in [0.5, 0.6) is 0 Å². The Morgan fingerprint density at radius 3 is 2.16 bits per heavy atom. The number of aliphatic imine (C=N–C) groups is 1. The maximum Gasteiger partial charge on any atom is 0.243 e. The summed E-state index contributed by atoms with van der Waals surface area (Å²) >= 11 is 0. The topological polar surface area (TPSA) is 385 Å². The second-order valence-corrected chi connectivity index (χ2v) is 18.2. The lowest BCUT2D eigenvalue weighted by Gasteiger charge is -2.28. The van der Waals surface area contributed by atoms with Gasteiger partial charge in [-0.15, -0.1) is 0 Å². The molecule has 0 radical (unpaired) electrons. The number of rotatable bonds is 19. The highest BCUT2D eigenvalue weighted by atomic mass is 16.2. The molecule has 398 valence electrons. The number of nitrogens with zero attached hydrogens (tertiary/aromatic N) is 2. The van der Waals surface area contributed by atoms with Gasteiger partial charge in [-0.2, -0.15) is 0 Å². The van der Waals surface area contributed by atoms with E-state index in [2.05, 4.69) is 62.5 Å². The number of fused-ring (bicyclic) bond motifs is 1. The molecule has 0 spiro atoms. The van der Waals surface area contributed by atoms with Crippen molar-refractivity contribution < 1.29 is 43.2 Å². The Balaban J connectivity index is 1.51. The van der Waals surface area contributed by atoms with E-state index in [-0.39, 0.29) is 83.3 Å². The Morgan fingerprint density at radius 1 is 0.784 bits per heavy atom. The van der Waals surface area contributed by atoms with Gasteiger partial charge in [0.2, 0.25) is 53.2 Å². The Hall–Kier alpha value is -8.31. The van der Waals surface area contributed by atoms with E-state index >= 15 is 0 Å². The first kappa shape index (κ1) is 56.6. The lowest BCUT2D eigenvalue weighted by Crippen LogP contribution is -2.60. The smallest absolute Gasteiger partial charge is 0.243 e. The lowest BCUT2D eigenvalue weighted by molar-refractivity contribution is -0.136. The second-order valence-electron chi connectivity index (χ2n) is 18.2. The van der Waals surface area contributed by atoms with Gasteiger partial charge < -0.3 is 69.7 Å². The first-order valence-electron chi connectivity index (χ1n) is 24.8. The Morgan fingerprint density at radius 2 is 1.47 bits per heavy atom. The van der Waals surface area contributed by atoms with Gasteiger partial charge in [-0.3, -0.25) is 48.1 Å². The normalized spacial score (nSPS) is 20.2. The van der Waals surface area contributed by atoms with Crippen LogP contribution in [-0.2, 0) is 62.4 Å². The van der Waals surface area contributed by atoms with E-state index in [0.29, 0.717) is 29.7 Å². The van der Waals surface area contributed by atoms with Gasteiger partial charge in [0.1, 0.15) is 42.3 Å². The van der Waals surface area contributed by atoms with Crippen LogP contribution in [-0.4, -0.2) is 129 Å². The van der Waals surface area contributed by atoms with E-state index in [0.717, 1.165) is 10.9 Å². The molecule has 1 saturated heterocycles. The van der Waals surface area contributed by atoms with Crippen molar-refractivity contribution in [1.82, 2.24) is 57.5 Å². The number of hydrogen-bond acceptors (Lipinski definition) is 11. The van der Waals surface area contributed by atoms with Crippen molar-refractivity contribution in [3.05, 3.63) is 90.1 Å². The zero-order chi connectivity index (χ0) is 53.6. The quantitative estimate of drug-likeness (QED) is 0.0298. The van der Waals surface area contributed by atoms with Crippen molar-refractivity contribution in [3.8, 4) is 0 Å². The number of nitrogens with one attached hydrogen (secondary N) is 10. The average Bonchev–Trinajstić information content (AvgIpc) is 4.04. The third-order valence-electron chi connectivity index (χ3n) is 12.3. The molecule has 5 rings (SSSR count). The first-order chi connectivity index (χ1) is 35.5. The van der Waals surface area contributed by atoms with Crippen molar-refractivity contribution in [2.45, 2.75) is 133 Å². The molecule has 0 bridgehead atoms.